The number of nitrogens with one attached hydrogen (secondary N) is 1. The highest BCUT2D eigenvalue weighted by molar-refractivity contribution is 7.20. The van der Waals surface area contributed by atoms with Crippen LogP contribution in [-0.4, -0.2) is 48.1 Å². The topological polar surface area (TPSA) is 97.8 Å². The van der Waals surface area contributed by atoms with Crippen LogP contribution in [0, 0.1) is 0 Å². The van der Waals surface area contributed by atoms with Gasteiger partial charge in [0.2, 0.25) is 0 Å². The van der Waals surface area contributed by atoms with E-state index in [-0.39, 0.29) is 5.91 Å². The fraction of sp³-hybridized carbons (Fsp3) is 0.300. The zero-order chi connectivity index (χ0) is 21.3. The number of nitrogens with zero attached hydrogens (tertiary/aromatic N) is 2. The third kappa shape index (κ3) is 3.75. The number of thiazole rings is 1. The molecule has 0 fully saturated rings. The van der Waals surface area contributed by atoms with E-state index in [0.29, 0.717) is 41.7 Å². The molecule has 1 aliphatic heterocycles. The van der Waals surface area contributed by atoms with E-state index in [1.54, 1.807) is 11.8 Å². The number of aromatic nitrogens is 1. The number of hydrogen-bond acceptors (Lipinski definition) is 8. The second-order valence-electron chi connectivity index (χ2n) is 6.51. The van der Waals surface area contributed by atoms with Crippen LogP contribution in [-0.2, 0) is 22.4 Å². The Labute approximate surface area is 180 Å². The maximum atomic E-state index is 12.8. The van der Waals surface area contributed by atoms with E-state index in [4.69, 9.17) is 9.47 Å². The van der Waals surface area contributed by atoms with Crippen LogP contribution in [0.1, 0.15) is 37.5 Å². The molecule has 30 heavy (non-hydrogen) atoms. The summed E-state index contributed by atoms with van der Waals surface area (Å²) in [6.45, 7) is 2.80. The van der Waals surface area contributed by atoms with Crippen LogP contribution < -0.4 is 5.32 Å². The smallest absolute Gasteiger partial charge is 0.410 e. The second-order valence-corrected chi connectivity index (χ2v) is 8.65. The van der Waals surface area contributed by atoms with E-state index < -0.39 is 12.1 Å². The van der Waals surface area contributed by atoms with E-state index in [2.05, 4.69) is 10.3 Å². The van der Waals surface area contributed by atoms with Crippen molar-refractivity contribution in [3.8, 4) is 0 Å². The number of carbonyl (C=O) groups excluding carboxylic acids is 3. The fourth-order valence-electron chi connectivity index (χ4n) is 3.31. The number of benzene rings is 1. The van der Waals surface area contributed by atoms with Gasteiger partial charge in [-0.25, -0.2) is 14.6 Å². The van der Waals surface area contributed by atoms with Crippen molar-refractivity contribution in [1.29, 1.82) is 0 Å². The molecular formula is C20H19N3O5S2. The first-order chi connectivity index (χ1) is 14.5. The number of esters is 1. The Morgan fingerprint density at radius 3 is 2.77 bits per heavy atom. The van der Waals surface area contributed by atoms with Gasteiger partial charge in [-0.2, -0.15) is 0 Å². The van der Waals surface area contributed by atoms with E-state index in [0.717, 1.165) is 20.7 Å². The molecule has 1 N–H and O–H groups in total. The van der Waals surface area contributed by atoms with E-state index in [9.17, 15) is 14.4 Å². The molecule has 156 valence electrons. The number of hydrogen-bond donors (Lipinski definition) is 1. The zero-order valence-electron chi connectivity index (χ0n) is 16.4. The summed E-state index contributed by atoms with van der Waals surface area (Å²) in [5, 5.41) is 3.54. The third-order valence-electron chi connectivity index (χ3n) is 4.69. The standard InChI is InChI=1S/C20H19N3O5S2/c1-3-28-20(26)23-9-8-11-14(10-23)30-17(15(11)19(25)27-2)22-16(24)18-21-12-6-4-5-7-13(12)29-18/h4-7H,3,8-10H2,1-2H3,(H,22,24). The van der Waals surface area contributed by atoms with Crippen LogP contribution in [0.2, 0.25) is 0 Å². The van der Waals surface area contributed by atoms with Gasteiger partial charge in [-0.1, -0.05) is 12.1 Å². The predicted molar refractivity (Wildman–Crippen MR) is 114 cm³/mol. The van der Waals surface area contributed by atoms with E-state index in [1.807, 2.05) is 24.3 Å². The summed E-state index contributed by atoms with van der Waals surface area (Å²) in [5.74, 6) is -0.904. The second kappa shape index (κ2) is 8.41. The molecule has 1 aromatic carbocycles. The van der Waals surface area contributed by atoms with Crippen LogP contribution in [0.4, 0.5) is 9.80 Å². The Hall–Kier alpha value is -2.98. The first-order valence-corrected chi connectivity index (χ1v) is 11.0. The minimum Gasteiger partial charge on any atom is -0.465 e. The third-order valence-corrected chi connectivity index (χ3v) is 6.85. The molecule has 0 aliphatic carbocycles. The largest absolute Gasteiger partial charge is 0.465 e. The fourth-order valence-corrected chi connectivity index (χ4v) is 5.41. The molecule has 0 saturated carbocycles. The quantitative estimate of drug-likeness (QED) is 0.612. The predicted octanol–water partition coefficient (Wildman–Crippen LogP) is 3.91. The molecular weight excluding hydrogens is 426 g/mol. The van der Waals surface area contributed by atoms with Crippen LogP contribution >= 0.6 is 22.7 Å². The minimum absolute atomic E-state index is 0.295. The van der Waals surface area contributed by atoms with Crippen molar-refractivity contribution in [3.05, 3.63) is 45.3 Å². The first kappa shape index (κ1) is 20.3. The molecule has 0 saturated heterocycles. The summed E-state index contributed by atoms with van der Waals surface area (Å²) >= 11 is 2.55. The van der Waals surface area contributed by atoms with Crippen LogP contribution in [0.25, 0.3) is 10.2 Å². The number of anilines is 1. The normalized spacial score (nSPS) is 13.1. The molecule has 1 aliphatic rings. The van der Waals surface area contributed by atoms with Crippen molar-refractivity contribution in [2.45, 2.75) is 19.9 Å². The number of methoxy groups -OCH3 is 1. The molecule has 2 amide bonds. The van der Waals surface area contributed by atoms with Crippen LogP contribution in [0.15, 0.2) is 24.3 Å². The highest BCUT2D eigenvalue weighted by Crippen LogP contribution is 2.38. The summed E-state index contributed by atoms with van der Waals surface area (Å²) in [7, 11) is 1.30. The van der Waals surface area contributed by atoms with Crippen LogP contribution in [0.3, 0.4) is 0 Å². The first-order valence-electron chi connectivity index (χ1n) is 9.33. The number of thiophene rings is 1. The Bertz CT molecular complexity index is 1100. The molecule has 0 unspecified atom stereocenters. The lowest BCUT2D eigenvalue weighted by Crippen LogP contribution is -2.36. The lowest BCUT2D eigenvalue weighted by molar-refractivity contribution is 0.0600. The molecule has 0 spiro atoms. The van der Waals surface area contributed by atoms with Crippen LogP contribution in [0.5, 0.6) is 0 Å². The molecule has 0 radical (unpaired) electrons. The summed E-state index contributed by atoms with van der Waals surface area (Å²) in [4.78, 5) is 44.1. The Morgan fingerprint density at radius 2 is 2.03 bits per heavy atom. The average Bonchev–Trinajstić information content (AvgIpc) is 3.34. The molecule has 3 heterocycles. The van der Waals surface area contributed by atoms with Gasteiger partial charge in [-0.3, -0.25) is 4.79 Å². The van der Waals surface area contributed by atoms with Gasteiger partial charge < -0.3 is 19.7 Å². The number of para-hydroxylation sites is 1. The van der Waals surface area contributed by atoms with Gasteiger partial charge >= 0.3 is 12.1 Å². The number of carbonyl (C=O) groups is 3. The summed E-state index contributed by atoms with van der Waals surface area (Å²) in [6.07, 6.45) is 0.0859. The van der Waals surface area contributed by atoms with E-state index >= 15 is 0 Å². The van der Waals surface area contributed by atoms with Crippen molar-refractivity contribution < 1.29 is 23.9 Å². The zero-order valence-corrected chi connectivity index (χ0v) is 18.0. The summed E-state index contributed by atoms with van der Waals surface area (Å²) < 4.78 is 10.9. The highest BCUT2D eigenvalue weighted by atomic mass is 32.1. The van der Waals surface area contributed by atoms with Crippen molar-refractivity contribution in [3.63, 3.8) is 0 Å². The SMILES string of the molecule is CCOC(=O)N1CCc2c(sc(NC(=O)c3nc4ccccc4s3)c2C(=O)OC)C1. The van der Waals surface area contributed by atoms with Gasteiger partial charge in [0.25, 0.3) is 5.91 Å². The van der Waals surface area contributed by atoms with Gasteiger partial charge in [0, 0.05) is 11.4 Å². The van der Waals surface area contributed by atoms with Crippen molar-refractivity contribution >= 4 is 55.9 Å². The van der Waals surface area contributed by atoms with Gasteiger partial charge in [0.05, 0.1) is 36.0 Å². The van der Waals surface area contributed by atoms with Crippen molar-refractivity contribution in [2.24, 2.45) is 0 Å². The summed E-state index contributed by atoms with van der Waals surface area (Å²) in [6, 6.07) is 7.50. The molecule has 10 heteroatoms. The lowest BCUT2D eigenvalue weighted by atomic mass is 10.0. The molecule has 0 atom stereocenters. The maximum absolute atomic E-state index is 12.8. The average molecular weight is 446 g/mol. The molecule has 2 aromatic heterocycles. The van der Waals surface area contributed by atoms with Crippen molar-refractivity contribution in [2.75, 3.05) is 25.6 Å². The lowest BCUT2D eigenvalue weighted by Gasteiger charge is -2.26. The number of rotatable bonds is 4. The van der Waals surface area contributed by atoms with Gasteiger partial charge in [-0.15, -0.1) is 22.7 Å². The maximum Gasteiger partial charge on any atom is 0.410 e. The molecule has 4 rings (SSSR count). The highest BCUT2D eigenvalue weighted by Gasteiger charge is 2.31. The Balaban J connectivity index is 1.63. The molecule has 8 nitrogen and oxygen atoms in total. The number of fused-ring (bicyclic) bond motifs is 2. The van der Waals surface area contributed by atoms with E-state index in [1.165, 1.54) is 29.8 Å². The monoisotopic (exact) mass is 445 g/mol. The Morgan fingerprint density at radius 1 is 1.23 bits per heavy atom. The van der Waals surface area contributed by atoms with Gasteiger partial charge in [-0.05, 0) is 31.0 Å². The van der Waals surface area contributed by atoms with Crippen molar-refractivity contribution in [1.82, 2.24) is 9.88 Å². The van der Waals surface area contributed by atoms with Gasteiger partial charge in [0.1, 0.15) is 5.00 Å². The number of amides is 2. The molecule has 0 bridgehead atoms. The minimum atomic E-state index is -0.517. The Kier molecular flexibility index (Phi) is 5.69. The summed E-state index contributed by atoms with van der Waals surface area (Å²) in [5.41, 5.74) is 1.89. The molecule has 3 aromatic rings. The number of ether oxygens (including phenoxy) is 2. The van der Waals surface area contributed by atoms with Gasteiger partial charge in [0.15, 0.2) is 5.01 Å².